The lowest BCUT2D eigenvalue weighted by Gasteiger charge is -2.45. The fourth-order valence-corrected chi connectivity index (χ4v) is 8.06. The second-order valence-corrected chi connectivity index (χ2v) is 9.95. The van der Waals surface area contributed by atoms with Crippen molar-refractivity contribution in [3.05, 3.63) is 36.5 Å². The first-order valence-corrected chi connectivity index (χ1v) is 7.00. The Hall–Kier alpha value is -0.350. The van der Waals surface area contributed by atoms with Crippen LogP contribution in [0.15, 0.2) is 36.5 Å². The Kier molecular flexibility index (Phi) is 2.29. The molecule has 2 atom stereocenters. The summed E-state index contributed by atoms with van der Waals surface area (Å²) in [5.41, 5.74) is 0. The molecule has 0 N–H and O–H groups in total. The van der Waals surface area contributed by atoms with E-state index in [0.717, 1.165) is 0 Å². The van der Waals surface area contributed by atoms with E-state index in [0.29, 0.717) is 5.16 Å². The van der Waals surface area contributed by atoms with Crippen LogP contribution in [0.2, 0.25) is 0 Å². The standard InChI is InChI=1S/C14H21P/c1-12(2,3)15-13(4)8-6-7-9-14(15,5)11-10-13/h6-11H,1-5H3. The molecule has 0 radical (unpaired) electrons. The number of hydrogen-bond donors (Lipinski definition) is 0. The van der Waals surface area contributed by atoms with Crippen LogP contribution in [0.4, 0.5) is 0 Å². The first-order valence-electron chi connectivity index (χ1n) is 5.66. The summed E-state index contributed by atoms with van der Waals surface area (Å²) < 4.78 is 0. The molecular weight excluding hydrogens is 199 g/mol. The molecule has 2 aliphatic heterocycles. The Labute approximate surface area is 94.9 Å². The van der Waals surface area contributed by atoms with Crippen molar-refractivity contribution < 1.29 is 0 Å². The van der Waals surface area contributed by atoms with E-state index in [4.69, 9.17) is 0 Å². The number of rotatable bonds is 0. The van der Waals surface area contributed by atoms with Gasteiger partial charge < -0.3 is 0 Å². The molecule has 2 rings (SSSR count). The molecule has 0 aromatic heterocycles. The SMILES string of the molecule is CC(C)(C)P1C2(C)C=CC=CC1(C)C=C2. The summed E-state index contributed by atoms with van der Waals surface area (Å²) in [5, 5.41) is 0.957. The van der Waals surface area contributed by atoms with E-state index in [2.05, 4.69) is 71.1 Å². The maximum atomic E-state index is 2.42. The molecule has 82 valence electrons. The van der Waals surface area contributed by atoms with E-state index in [1.54, 1.807) is 0 Å². The summed E-state index contributed by atoms with van der Waals surface area (Å²) >= 11 is 0. The van der Waals surface area contributed by atoms with Crippen LogP contribution in [0.5, 0.6) is 0 Å². The zero-order valence-electron chi connectivity index (χ0n) is 10.4. The molecule has 0 aromatic carbocycles. The van der Waals surface area contributed by atoms with Gasteiger partial charge in [-0.2, -0.15) is 0 Å². The third-order valence-corrected chi connectivity index (χ3v) is 7.24. The smallest absolute Gasteiger partial charge is 0.0253 e. The van der Waals surface area contributed by atoms with Crippen molar-refractivity contribution in [1.29, 1.82) is 0 Å². The van der Waals surface area contributed by atoms with Crippen molar-refractivity contribution in [2.24, 2.45) is 0 Å². The molecule has 2 aliphatic rings. The second kappa shape index (κ2) is 3.08. The third kappa shape index (κ3) is 1.64. The molecule has 1 heteroatoms. The zero-order valence-corrected chi connectivity index (χ0v) is 11.3. The average molecular weight is 220 g/mol. The zero-order chi connectivity index (χ0) is 11.3. The molecule has 2 bridgehead atoms. The van der Waals surface area contributed by atoms with Gasteiger partial charge >= 0.3 is 0 Å². The van der Waals surface area contributed by atoms with Gasteiger partial charge in [0.05, 0.1) is 0 Å². The molecule has 15 heavy (non-hydrogen) atoms. The number of allylic oxidation sites excluding steroid dienone is 6. The molecular formula is C14H21P. The van der Waals surface area contributed by atoms with Crippen molar-refractivity contribution in [3.63, 3.8) is 0 Å². The Morgan fingerprint density at radius 3 is 1.53 bits per heavy atom. The van der Waals surface area contributed by atoms with Crippen LogP contribution in [0.3, 0.4) is 0 Å². The van der Waals surface area contributed by atoms with E-state index in [1.165, 1.54) is 0 Å². The van der Waals surface area contributed by atoms with Gasteiger partial charge in [0.2, 0.25) is 0 Å². The quantitative estimate of drug-likeness (QED) is 0.417. The highest BCUT2D eigenvalue weighted by Gasteiger charge is 2.51. The van der Waals surface area contributed by atoms with Crippen molar-refractivity contribution >= 4 is 7.92 Å². The summed E-state index contributed by atoms with van der Waals surface area (Å²) in [6, 6.07) is 0. The van der Waals surface area contributed by atoms with Gasteiger partial charge in [0, 0.05) is 10.3 Å². The molecule has 0 nitrogen and oxygen atoms in total. The summed E-state index contributed by atoms with van der Waals surface area (Å²) in [6.45, 7) is 11.9. The molecule has 0 saturated carbocycles. The normalized spacial score (nSPS) is 43.4. The molecule has 0 aromatic rings. The molecule has 2 unspecified atom stereocenters. The summed E-state index contributed by atoms with van der Waals surface area (Å²) in [6.07, 6.45) is 14.0. The highest BCUT2D eigenvalue weighted by Crippen LogP contribution is 2.73. The lowest BCUT2D eigenvalue weighted by atomic mass is 10.0. The van der Waals surface area contributed by atoms with Crippen molar-refractivity contribution in [2.45, 2.75) is 50.1 Å². The first kappa shape index (κ1) is 11.1. The van der Waals surface area contributed by atoms with Gasteiger partial charge in [-0.05, 0) is 19.0 Å². The van der Waals surface area contributed by atoms with E-state index in [9.17, 15) is 0 Å². The fraction of sp³-hybridized carbons (Fsp3) is 0.571. The van der Waals surface area contributed by atoms with Crippen LogP contribution in [0.25, 0.3) is 0 Å². The lowest BCUT2D eigenvalue weighted by molar-refractivity contribution is 0.744. The van der Waals surface area contributed by atoms with Crippen LogP contribution in [-0.2, 0) is 0 Å². The molecule has 2 heterocycles. The minimum Gasteiger partial charge on any atom is -0.0733 e. The van der Waals surface area contributed by atoms with Crippen LogP contribution in [0.1, 0.15) is 34.6 Å². The van der Waals surface area contributed by atoms with Crippen molar-refractivity contribution in [1.82, 2.24) is 0 Å². The van der Waals surface area contributed by atoms with Gasteiger partial charge in [-0.25, -0.2) is 0 Å². The van der Waals surface area contributed by atoms with Gasteiger partial charge in [0.25, 0.3) is 0 Å². The van der Waals surface area contributed by atoms with Crippen LogP contribution >= 0.6 is 7.92 Å². The van der Waals surface area contributed by atoms with E-state index in [-0.39, 0.29) is 18.2 Å². The van der Waals surface area contributed by atoms with E-state index < -0.39 is 0 Å². The fourth-order valence-electron chi connectivity index (χ4n) is 3.21. The predicted molar refractivity (Wildman–Crippen MR) is 70.9 cm³/mol. The Bertz CT molecular complexity index is 328. The molecule has 0 saturated heterocycles. The predicted octanol–water partition coefficient (Wildman–Crippen LogP) is 4.48. The Morgan fingerprint density at radius 2 is 1.20 bits per heavy atom. The summed E-state index contributed by atoms with van der Waals surface area (Å²) in [4.78, 5) is 0. The lowest BCUT2D eigenvalue weighted by Crippen LogP contribution is -2.32. The largest absolute Gasteiger partial charge is 0.0733 e. The summed E-state index contributed by atoms with van der Waals surface area (Å²) in [7, 11) is -0.0995. The van der Waals surface area contributed by atoms with Gasteiger partial charge in [0.15, 0.2) is 0 Å². The monoisotopic (exact) mass is 220 g/mol. The van der Waals surface area contributed by atoms with E-state index >= 15 is 0 Å². The van der Waals surface area contributed by atoms with Crippen LogP contribution in [-0.4, -0.2) is 15.5 Å². The van der Waals surface area contributed by atoms with Gasteiger partial charge in [-0.3, -0.25) is 0 Å². The molecule has 0 amide bonds. The topological polar surface area (TPSA) is 0 Å². The van der Waals surface area contributed by atoms with Gasteiger partial charge in [-0.15, -0.1) is 0 Å². The second-order valence-electron chi connectivity index (χ2n) is 6.01. The van der Waals surface area contributed by atoms with Crippen molar-refractivity contribution in [3.8, 4) is 0 Å². The van der Waals surface area contributed by atoms with Crippen LogP contribution < -0.4 is 0 Å². The third-order valence-electron chi connectivity index (χ3n) is 3.37. The number of fused-ring (bicyclic) bond motifs is 2. The maximum absolute atomic E-state index is 2.42. The van der Waals surface area contributed by atoms with Gasteiger partial charge in [-0.1, -0.05) is 65.1 Å². The summed E-state index contributed by atoms with van der Waals surface area (Å²) in [5.74, 6) is 0. The van der Waals surface area contributed by atoms with E-state index in [1.807, 2.05) is 0 Å². The highest BCUT2D eigenvalue weighted by molar-refractivity contribution is 7.63. The highest BCUT2D eigenvalue weighted by atomic mass is 31.1. The maximum Gasteiger partial charge on any atom is 0.0253 e. The molecule has 0 spiro atoms. The first-order chi connectivity index (χ1) is 6.78. The minimum atomic E-state index is -0.0995. The average Bonchev–Trinajstić information content (AvgIpc) is 2.22. The van der Waals surface area contributed by atoms with Gasteiger partial charge in [0.1, 0.15) is 0 Å². The Balaban J connectivity index is 2.56. The Morgan fingerprint density at radius 1 is 0.800 bits per heavy atom. The van der Waals surface area contributed by atoms with Crippen molar-refractivity contribution in [2.75, 3.05) is 0 Å². The molecule has 0 aliphatic carbocycles. The molecule has 0 fully saturated rings. The number of hydrogen-bond acceptors (Lipinski definition) is 0. The van der Waals surface area contributed by atoms with Crippen LogP contribution in [0, 0.1) is 0 Å². The minimum absolute atomic E-state index is 0.0995.